The number of hydrogen-bond donors (Lipinski definition) is 2. The van der Waals surface area contributed by atoms with E-state index in [9.17, 15) is 9.59 Å². The average molecular weight is 293 g/mol. The van der Waals surface area contributed by atoms with Crippen molar-refractivity contribution in [3.05, 3.63) is 35.9 Å². The van der Waals surface area contributed by atoms with Crippen molar-refractivity contribution < 1.29 is 19.4 Å². The van der Waals surface area contributed by atoms with Gasteiger partial charge in [-0.05, 0) is 23.8 Å². The number of benzene rings is 1. The zero-order chi connectivity index (χ0) is 15.7. The molecule has 0 saturated carbocycles. The van der Waals surface area contributed by atoms with Gasteiger partial charge in [0.2, 0.25) is 0 Å². The first-order valence-corrected chi connectivity index (χ1v) is 7.13. The number of hydrogen-bond acceptors (Lipinski definition) is 3. The summed E-state index contributed by atoms with van der Waals surface area (Å²) in [7, 11) is 0. The standard InChI is InChI=1S/C16H23NO4/c1-12(2)8-14(9-15(18)19)10-17-16(20)21-11-13-6-4-3-5-7-13/h3-7,12,14H,8-11H2,1-2H3,(H,17,20)(H,18,19)/t14-/m0/s1. The maximum absolute atomic E-state index is 11.6. The van der Waals surface area contributed by atoms with Gasteiger partial charge in [-0.1, -0.05) is 44.2 Å². The van der Waals surface area contributed by atoms with Crippen LogP contribution in [0.25, 0.3) is 0 Å². The Morgan fingerprint density at radius 3 is 2.48 bits per heavy atom. The number of nitrogens with one attached hydrogen (secondary N) is 1. The molecule has 116 valence electrons. The predicted molar refractivity (Wildman–Crippen MR) is 79.8 cm³/mol. The number of carboxylic acids is 1. The van der Waals surface area contributed by atoms with Gasteiger partial charge in [0, 0.05) is 13.0 Å². The largest absolute Gasteiger partial charge is 0.481 e. The van der Waals surface area contributed by atoms with E-state index in [1.165, 1.54) is 0 Å². The van der Waals surface area contributed by atoms with Crippen LogP contribution in [-0.4, -0.2) is 23.7 Å². The highest BCUT2D eigenvalue weighted by Crippen LogP contribution is 2.14. The van der Waals surface area contributed by atoms with Crippen LogP contribution in [-0.2, 0) is 16.1 Å². The zero-order valence-corrected chi connectivity index (χ0v) is 12.5. The van der Waals surface area contributed by atoms with Crippen LogP contribution in [0.5, 0.6) is 0 Å². The van der Waals surface area contributed by atoms with E-state index >= 15 is 0 Å². The van der Waals surface area contributed by atoms with E-state index < -0.39 is 12.1 Å². The number of amides is 1. The summed E-state index contributed by atoms with van der Waals surface area (Å²) < 4.78 is 5.09. The number of carbonyl (C=O) groups is 2. The highest BCUT2D eigenvalue weighted by Gasteiger charge is 2.16. The lowest BCUT2D eigenvalue weighted by atomic mass is 9.94. The van der Waals surface area contributed by atoms with Crippen molar-refractivity contribution in [3.63, 3.8) is 0 Å². The minimum absolute atomic E-state index is 0.0527. The van der Waals surface area contributed by atoms with Crippen LogP contribution in [0.4, 0.5) is 4.79 Å². The molecule has 0 aliphatic rings. The summed E-state index contributed by atoms with van der Waals surface area (Å²) >= 11 is 0. The van der Waals surface area contributed by atoms with Gasteiger partial charge in [0.15, 0.2) is 0 Å². The van der Waals surface area contributed by atoms with Gasteiger partial charge in [0.25, 0.3) is 0 Å². The first-order valence-electron chi connectivity index (χ1n) is 7.13. The fraction of sp³-hybridized carbons (Fsp3) is 0.500. The molecule has 0 spiro atoms. The number of carboxylic acid groups (broad SMARTS) is 1. The van der Waals surface area contributed by atoms with Crippen molar-refractivity contribution in [1.29, 1.82) is 0 Å². The zero-order valence-electron chi connectivity index (χ0n) is 12.5. The molecule has 21 heavy (non-hydrogen) atoms. The summed E-state index contributed by atoms with van der Waals surface area (Å²) in [5.74, 6) is -0.539. The molecule has 0 aliphatic carbocycles. The van der Waals surface area contributed by atoms with E-state index in [1.807, 2.05) is 44.2 Å². The number of carbonyl (C=O) groups excluding carboxylic acids is 1. The fourth-order valence-electron chi connectivity index (χ4n) is 2.15. The summed E-state index contributed by atoms with van der Waals surface area (Å²) in [6.45, 7) is 4.59. The molecule has 1 rings (SSSR count). The molecular weight excluding hydrogens is 270 g/mol. The van der Waals surface area contributed by atoms with E-state index in [0.29, 0.717) is 12.5 Å². The lowest BCUT2D eigenvalue weighted by Gasteiger charge is -2.17. The normalized spacial score (nSPS) is 12.0. The van der Waals surface area contributed by atoms with Crippen molar-refractivity contribution in [2.45, 2.75) is 33.3 Å². The SMILES string of the molecule is CC(C)C[C@H](CNC(=O)OCc1ccccc1)CC(=O)O. The summed E-state index contributed by atoms with van der Waals surface area (Å²) in [6.07, 6.45) is 0.292. The second-order valence-corrected chi connectivity index (χ2v) is 5.54. The van der Waals surface area contributed by atoms with Gasteiger partial charge < -0.3 is 15.2 Å². The Hall–Kier alpha value is -2.04. The minimum Gasteiger partial charge on any atom is -0.481 e. The lowest BCUT2D eigenvalue weighted by Crippen LogP contribution is -2.31. The Bertz CT molecular complexity index is 445. The highest BCUT2D eigenvalue weighted by atomic mass is 16.5. The molecule has 1 aromatic carbocycles. The van der Waals surface area contributed by atoms with Gasteiger partial charge >= 0.3 is 12.1 Å². The molecule has 0 heterocycles. The van der Waals surface area contributed by atoms with Crippen LogP contribution in [0.15, 0.2) is 30.3 Å². The van der Waals surface area contributed by atoms with Crippen LogP contribution in [0.1, 0.15) is 32.3 Å². The molecule has 2 N–H and O–H groups in total. The molecule has 1 atom stereocenters. The van der Waals surface area contributed by atoms with Crippen LogP contribution < -0.4 is 5.32 Å². The molecule has 5 heteroatoms. The van der Waals surface area contributed by atoms with E-state index in [0.717, 1.165) is 12.0 Å². The van der Waals surface area contributed by atoms with Crippen molar-refractivity contribution in [2.24, 2.45) is 11.8 Å². The minimum atomic E-state index is -0.847. The van der Waals surface area contributed by atoms with Gasteiger partial charge in [-0.2, -0.15) is 0 Å². The Kier molecular flexibility index (Phi) is 7.29. The van der Waals surface area contributed by atoms with Crippen LogP contribution in [0, 0.1) is 11.8 Å². The van der Waals surface area contributed by atoms with Gasteiger partial charge in [-0.3, -0.25) is 4.79 Å². The summed E-state index contributed by atoms with van der Waals surface area (Å²) in [6, 6.07) is 9.40. The van der Waals surface area contributed by atoms with Crippen molar-refractivity contribution >= 4 is 12.1 Å². The molecule has 0 fully saturated rings. The summed E-state index contributed by atoms with van der Waals surface area (Å²) in [5, 5.41) is 11.5. The topological polar surface area (TPSA) is 75.6 Å². The molecule has 0 bridgehead atoms. The number of rotatable bonds is 8. The number of ether oxygens (including phenoxy) is 1. The molecule has 0 aliphatic heterocycles. The van der Waals surface area contributed by atoms with Crippen LogP contribution in [0.2, 0.25) is 0 Å². The van der Waals surface area contributed by atoms with Crippen molar-refractivity contribution in [1.82, 2.24) is 5.32 Å². The fourth-order valence-corrected chi connectivity index (χ4v) is 2.15. The first kappa shape index (κ1) is 17.0. The van der Waals surface area contributed by atoms with Gasteiger partial charge in [-0.25, -0.2) is 4.79 Å². The Balaban J connectivity index is 2.33. The molecule has 5 nitrogen and oxygen atoms in total. The van der Waals surface area contributed by atoms with E-state index in [4.69, 9.17) is 9.84 Å². The first-order chi connectivity index (χ1) is 9.97. The summed E-state index contributed by atoms with van der Waals surface area (Å²) in [5.41, 5.74) is 0.914. The van der Waals surface area contributed by atoms with E-state index in [2.05, 4.69) is 5.32 Å². The molecular formula is C16H23NO4. The van der Waals surface area contributed by atoms with Gasteiger partial charge in [-0.15, -0.1) is 0 Å². The number of alkyl carbamates (subject to hydrolysis) is 1. The van der Waals surface area contributed by atoms with Crippen LogP contribution in [0.3, 0.4) is 0 Å². The second-order valence-electron chi connectivity index (χ2n) is 5.54. The number of aliphatic carboxylic acids is 1. The van der Waals surface area contributed by atoms with Gasteiger partial charge in [0.05, 0.1) is 0 Å². The Morgan fingerprint density at radius 1 is 1.24 bits per heavy atom. The maximum atomic E-state index is 11.6. The predicted octanol–water partition coefficient (Wildman–Crippen LogP) is 3.05. The van der Waals surface area contributed by atoms with Crippen LogP contribution >= 0.6 is 0 Å². The monoisotopic (exact) mass is 293 g/mol. The third kappa shape index (κ3) is 7.97. The quantitative estimate of drug-likeness (QED) is 0.772. The van der Waals surface area contributed by atoms with Gasteiger partial charge in [0.1, 0.15) is 6.61 Å². The van der Waals surface area contributed by atoms with Crippen molar-refractivity contribution in [2.75, 3.05) is 6.54 Å². The third-order valence-corrected chi connectivity index (χ3v) is 3.02. The Labute approximate surface area is 125 Å². The molecule has 0 unspecified atom stereocenters. The molecule has 0 saturated heterocycles. The van der Waals surface area contributed by atoms with E-state index in [1.54, 1.807) is 0 Å². The average Bonchev–Trinajstić information content (AvgIpc) is 2.42. The Morgan fingerprint density at radius 2 is 1.90 bits per heavy atom. The summed E-state index contributed by atoms with van der Waals surface area (Å²) in [4.78, 5) is 22.4. The highest BCUT2D eigenvalue weighted by molar-refractivity contribution is 5.68. The smallest absolute Gasteiger partial charge is 0.407 e. The molecule has 0 radical (unpaired) electrons. The van der Waals surface area contributed by atoms with E-state index in [-0.39, 0.29) is 18.9 Å². The molecule has 1 aromatic rings. The second kappa shape index (κ2) is 9.00. The molecule has 1 amide bonds. The molecule has 0 aromatic heterocycles. The van der Waals surface area contributed by atoms with Crippen molar-refractivity contribution in [3.8, 4) is 0 Å². The maximum Gasteiger partial charge on any atom is 0.407 e. The lowest BCUT2D eigenvalue weighted by molar-refractivity contribution is -0.138. The third-order valence-electron chi connectivity index (χ3n) is 3.02.